The van der Waals surface area contributed by atoms with Crippen molar-refractivity contribution in [3.8, 4) is 11.3 Å². The molecule has 0 saturated heterocycles. The number of furan rings is 1. The van der Waals surface area contributed by atoms with Crippen LogP contribution in [0.4, 0.5) is 26.3 Å². The maximum atomic E-state index is 12.8. The van der Waals surface area contributed by atoms with Gasteiger partial charge >= 0.3 is 12.4 Å². The van der Waals surface area contributed by atoms with Crippen LogP contribution in [0.2, 0.25) is 5.02 Å². The molecule has 0 amide bonds. The van der Waals surface area contributed by atoms with E-state index >= 15 is 0 Å². The molecule has 2 rings (SSSR count). The van der Waals surface area contributed by atoms with Crippen molar-refractivity contribution in [2.24, 2.45) is 0 Å². The molecule has 1 aromatic carbocycles. The van der Waals surface area contributed by atoms with Crippen LogP contribution in [0.25, 0.3) is 11.3 Å². The maximum Gasteiger partial charge on any atom is 0.417 e. The van der Waals surface area contributed by atoms with Gasteiger partial charge in [0, 0.05) is 5.56 Å². The molecular formula is C12H5ClF6O. The lowest BCUT2D eigenvalue weighted by Crippen LogP contribution is -2.12. The van der Waals surface area contributed by atoms with E-state index in [1.54, 1.807) is 0 Å². The minimum Gasteiger partial charge on any atom is -0.464 e. The van der Waals surface area contributed by atoms with Crippen LogP contribution < -0.4 is 0 Å². The number of halogens is 7. The summed E-state index contributed by atoms with van der Waals surface area (Å²) in [5.41, 5.74) is -3.46. The fourth-order valence-corrected chi connectivity index (χ4v) is 1.91. The molecule has 2 aromatic rings. The van der Waals surface area contributed by atoms with Crippen molar-refractivity contribution < 1.29 is 30.8 Å². The van der Waals surface area contributed by atoms with E-state index in [-0.39, 0.29) is 11.8 Å². The Bertz CT molecular complexity index is 612. The summed E-state index contributed by atoms with van der Waals surface area (Å²) in [5, 5.41) is -0.833. The summed E-state index contributed by atoms with van der Waals surface area (Å²) in [5.74, 6) is -0.174. The van der Waals surface area contributed by atoms with E-state index in [1.807, 2.05) is 0 Å². The summed E-state index contributed by atoms with van der Waals surface area (Å²) in [7, 11) is 0. The Hall–Kier alpha value is -1.63. The first kappa shape index (κ1) is 14.8. The lowest BCUT2D eigenvalue weighted by molar-refractivity contribution is -0.142. The molecule has 1 nitrogen and oxygen atoms in total. The van der Waals surface area contributed by atoms with Gasteiger partial charge in [0.1, 0.15) is 5.76 Å². The summed E-state index contributed by atoms with van der Waals surface area (Å²) in [6, 6.07) is 3.06. The van der Waals surface area contributed by atoms with Gasteiger partial charge in [-0.25, -0.2) is 0 Å². The molecule has 108 valence electrons. The lowest BCUT2D eigenvalue weighted by atomic mass is 10.0. The Morgan fingerprint density at radius 2 is 1.60 bits per heavy atom. The molecule has 1 heterocycles. The predicted molar refractivity (Wildman–Crippen MR) is 59.2 cm³/mol. The first-order valence-electron chi connectivity index (χ1n) is 5.12. The summed E-state index contributed by atoms with van der Waals surface area (Å²) < 4.78 is 81.1. The Labute approximate surface area is 113 Å². The van der Waals surface area contributed by atoms with Gasteiger partial charge in [0.05, 0.1) is 22.4 Å². The highest BCUT2D eigenvalue weighted by molar-refractivity contribution is 6.34. The minimum atomic E-state index is -5.00. The van der Waals surface area contributed by atoms with Crippen LogP contribution in [0.3, 0.4) is 0 Å². The molecule has 0 unspecified atom stereocenters. The first-order chi connectivity index (χ1) is 9.10. The van der Waals surface area contributed by atoms with Crippen LogP contribution in [0.15, 0.2) is 34.9 Å². The fourth-order valence-electron chi connectivity index (χ4n) is 1.61. The zero-order valence-electron chi connectivity index (χ0n) is 9.44. The second-order valence-electron chi connectivity index (χ2n) is 3.86. The number of rotatable bonds is 1. The Morgan fingerprint density at radius 1 is 0.950 bits per heavy atom. The molecule has 0 aliphatic carbocycles. The maximum absolute atomic E-state index is 12.8. The molecule has 20 heavy (non-hydrogen) atoms. The minimum absolute atomic E-state index is 0.0191. The van der Waals surface area contributed by atoms with Crippen LogP contribution in [0.5, 0.6) is 0 Å². The zero-order chi connectivity index (χ0) is 15.1. The largest absolute Gasteiger partial charge is 0.464 e. The van der Waals surface area contributed by atoms with Gasteiger partial charge in [0.15, 0.2) is 0 Å². The summed E-state index contributed by atoms with van der Waals surface area (Å²) in [6.07, 6.45) is -8.80. The highest BCUT2D eigenvalue weighted by atomic mass is 35.5. The van der Waals surface area contributed by atoms with Crippen molar-refractivity contribution in [3.63, 3.8) is 0 Å². The summed E-state index contributed by atoms with van der Waals surface area (Å²) in [6.45, 7) is 0. The van der Waals surface area contributed by atoms with Crippen LogP contribution in [0.1, 0.15) is 11.1 Å². The average molecular weight is 315 g/mol. The number of hydrogen-bond acceptors (Lipinski definition) is 1. The standard InChI is InChI=1S/C12H5ClF6O/c13-10-7(9-2-1-3-20-9)4-6(11(14,15)16)5-8(10)12(17,18)19/h1-5H. The van der Waals surface area contributed by atoms with E-state index in [0.29, 0.717) is 6.07 Å². The van der Waals surface area contributed by atoms with E-state index in [4.69, 9.17) is 16.0 Å². The molecule has 0 aliphatic rings. The van der Waals surface area contributed by atoms with Gasteiger partial charge in [-0.05, 0) is 24.3 Å². The van der Waals surface area contributed by atoms with Crippen molar-refractivity contribution in [2.75, 3.05) is 0 Å². The Balaban J connectivity index is 2.75. The fraction of sp³-hybridized carbons (Fsp3) is 0.167. The normalized spacial score (nSPS) is 12.8. The lowest BCUT2D eigenvalue weighted by Gasteiger charge is -2.15. The number of benzene rings is 1. The molecule has 0 bridgehead atoms. The van der Waals surface area contributed by atoms with Gasteiger partial charge in [0.25, 0.3) is 0 Å². The average Bonchev–Trinajstić information content (AvgIpc) is 2.79. The van der Waals surface area contributed by atoms with Crippen LogP contribution in [-0.4, -0.2) is 0 Å². The van der Waals surface area contributed by atoms with Gasteiger partial charge in [0.2, 0.25) is 0 Å². The van der Waals surface area contributed by atoms with Gasteiger partial charge < -0.3 is 4.42 Å². The van der Waals surface area contributed by atoms with Crippen molar-refractivity contribution in [1.29, 1.82) is 0 Å². The second kappa shape index (κ2) is 4.73. The molecular weight excluding hydrogens is 310 g/mol. The van der Waals surface area contributed by atoms with Gasteiger partial charge in [-0.2, -0.15) is 26.3 Å². The van der Waals surface area contributed by atoms with E-state index in [9.17, 15) is 26.3 Å². The zero-order valence-corrected chi connectivity index (χ0v) is 10.2. The molecule has 0 saturated carbocycles. The quantitative estimate of drug-likeness (QED) is 0.621. The van der Waals surface area contributed by atoms with Crippen molar-refractivity contribution >= 4 is 11.6 Å². The van der Waals surface area contributed by atoms with E-state index in [2.05, 4.69) is 0 Å². The van der Waals surface area contributed by atoms with Crippen molar-refractivity contribution in [2.45, 2.75) is 12.4 Å². The molecule has 1 aromatic heterocycles. The monoisotopic (exact) mass is 314 g/mol. The third-order valence-corrected chi connectivity index (χ3v) is 2.90. The highest BCUT2D eigenvalue weighted by Crippen LogP contribution is 2.44. The summed E-state index contributed by atoms with van der Waals surface area (Å²) >= 11 is 5.56. The topological polar surface area (TPSA) is 13.1 Å². The van der Waals surface area contributed by atoms with E-state index < -0.39 is 34.1 Å². The summed E-state index contributed by atoms with van der Waals surface area (Å²) in [4.78, 5) is 0. The van der Waals surface area contributed by atoms with Crippen molar-refractivity contribution in [3.05, 3.63) is 46.7 Å². The van der Waals surface area contributed by atoms with Crippen LogP contribution in [-0.2, 0) is 12.4 Å². The SMILES string of the molecule is FC(F)(F)c1cc(-c2ccco2)c(Cl)c(C(F)(F)F)c1. The first-order valence-corrected chi connectivity index (χ1v) is 5.50. The van der Waals surface area contributed by atoms with E-state index in [1.165, 1.54) is 12.1 Å². The number of alkyl halides is 6. The third kappa shape index (κ3) is 2.77. The van der Waals surface area contributed by atoms with Crippen LogP contribution >= 0.6 is 11.6 Å². The third-order valence-electron chi connectivity index (χ3n) is 2.49. The smallest absolute Gasteiger partial charge is 0.417 e. The van der Waals surface area contributed by atoms with E-state index in [0.717, 1.165) is 6.26 Å². The van der Waals surface area contributed by atoms with Crippen LogP contribution in [0, 0.1) is 0 Å². The number of hydrogen-bond donors (Lipinski definition) is 0. The molecule has 0 spiro atoms. The molecule has 0 aliphatic heterocycles. The molecule has 8 heteroatoms. The molecule has 0 atom stereocenters. The van der Waals surface area contributed by atoms with Gasteiger partial charge in [-0.1, -0.05) is 11.6 Å². The highest BCUT2D eigenvalue weighted by Gasteiger charge is 2.39. The molecule has 0 N–H and O–H groups in total. The van der Waals surface area contributed by atoms with Gasteiger partial charge in [-0.15, -0.1) is 0 Å². The Kier molecular flexibility index (Phi) is 3.49. The van der Waals surface area contributed by atoms with Gasteiger partial charge in [-0.3, -0.25) is 0 Å². The molecule has 0 radical (unpaired) electrons. The Morgan fingerprint density at radius 3 is 2.05 bits per heavy atom. The predicted octanol–water partition coefficient (Wildman–Crippen LogP) is 5.64. The van der Waals surface area contributed by atoms with Crippen molar-refractivity contribution in [1.82, 2.24) is 0 Å². The second-order valence-corrected chi connectivity index (χ2v) is 4.24. The molecule has 0 fully saturated rings.